The summed E-state index contributed by atoms with van der Waals surface area (Å²) in [4.78, 5) is 2.50. The lowest BCUT2D eigenvalue weighted by molar-refractivity contribution is 0.146. The van der Waals surface area contributed by atoms with Crippen LogP contribution < -0.4 is 10.6 Å². The summed E-state index contributed by atoms with van der Waals surface area (Å²) < 4.78 is 5.69. The van der Waals surface area contributed by atoms with Gasteiger partial charge in [0.2, 0.25) is 0 Å². The number of likely N-dealkylation sites (tertiary alicyclic amines) is 1. The van der Waals surface area contributed by atoms with Crippen molar-refractivity contribution in [2.24, 2.45) is 0 Å². The van der Waals surface area contributed by atoms with Crippen molar-refractivity contribution in [1.29, 1.82) is 0 Å². The van der Waals surface area contributed by atoms with E-state index in [9.17, 15) is 0 Å². The SMILES string of the molecule is Cc1cccc(NC(=S)NC[C@H](c2ccco2)N2CCCCC2)c1C. The van der Waals surface area contributed by atoms with Gasteiger partial charge in [-0.1, -0.05) is 18.6 Å². The van der Waals surface area contributed by atoms with Crippen molar-refractivity contribution < 1.29 is 4.42 Å². The molecule has 1 aliphatic heterocycles. The standard InChI is InChI=1S/C20H27N3OS/c1-15-8-6-9-17(16(15)2)22-20(25)21-14-18(19-10-7-13-24-19)23-11-4-3-5-12-23/h6-10,13,18H,3-5,11-12,14H2,1-2H3,(H2,21,22,25)/t18-/m1/s1. The zero-order valence-corrected chi connectivity index (χ0v) is 15.9. The van der Waals surface area contributed by atoms with Crippen LogP contribution in [0.5, 0.6) is 0 Å². The molecule has 25 heavy (non-hydrogen) atoms. The summed E-state index contributed by atoms with van der Waals surface area (Å²) >= 11 is 5.52. The molecule has 2 heterocycles. The van der Waals surface area contributed by atoms with Gasteiger partial charge in [-0.3, -0.25) is 4.90 Å². The fourth-order valence-corrected chi connectivity index (χ4v) is 3.56. The van der Waals surface area contributed by atoms with Gasteiger partial charge in [-0.2, -0.15) is 0 Å². The van der Waals surface area contributed by atoms with Crippen LogP contribution in [0.15, 0.2) is 41.0 Å². The largest absolute Gasteiger partial charge is 0.468 e. The maximum Gasteiger partial charge on any atom is 0.170 e. The van der Waals surface area contributed by atoms with Crippen molar-refractivity contribution in [2.45, 2.75) is 39.2 Å². The van der Waals surface area contributed by atoms with Crippen molar-refractivity contribution in [3.63, 3.8) is 0 Å². The second kappa shape index (κ2) is 8.50. The monoisotopic (exact) mass is 357 g/mol. The molecule has 0 radical (unpaired) electrons. The molecule has 0 bridgehead atoms. The van der Waals surface area contributed by atoms with Crippen molar-refractivity contribution in [2.75, 3.05) is 25.0 Å². The Labute approximate surface area is 155 Å². The minimum atomic E-state index is 0.216. The first kappa shape index (κ1) is 18.0. The first-order valence-corrected chi connectivity index (χ1v) is 9.44. The van der Waals surface area contributed by atoms with E-state index >= 15 is 0 Å². The molecule has 1 aromatic carbocycles. The van der Waals surface area contributed by atoms with E-state index in [-0.39, 0.29) is 6.04 Å². The summed E-state index contributed by atoms with van der Waals surface area (Å²) in [5.74, 6) is 1.00. The van der Waals surface area contributed by atoms with Crippen LogP contribution in [0.3, 0.4) is 0 Å². The normalized spacial score (nSPS) is 16.4. The number of rotatable bonds is 5. The molecule has 4 nitrogen and oxygen atoms in total. The molecule has 5 heteroatoms. The molecular formula is C20H27N3OS. The van der Waals surface area contributed by atoms with Gasteiger partial charge < -0.3 is 15.1 Å². The van der Waals surface area contributed by atoms with Gasteiger partial charge in [-0.05, 0) is 81.3 Å². The third kappa shape index (κ3) is 4.61. The van der Waals surface area contributed by atoms with Crippen LogP contribution >= 0.6 is 12.2 Å². The lowest BCUT2D eigenvalue weighted by atomic mass is 10.1. The number of hydrogen-bond acceptors (Lipinski definition) is 3. The summed E-state index contributed by atoms with van der Waals surface area (Å²) in [6, 6.07) is 10.5. The molecule has 3 rings (SSSR count). The van der Waals surface area contributed by atoms with E-state index in [1.54, 1.807) is 6.26 Å². The minimum Gasteiger partial charge on any atom is -0.468 e. The zero-order chi connectivity index (χ0) is 17.6. The molecule has 1 aromatic heterocycles. The summed E-state index contributed by atoms with van der Waals surface area (Å²) in [6.07, 6.45) is 5.57. The molecule has 2 N–H and O–H groups in total. The molecule has 1 saturated heterocycles. The molecule has 0 unspecified atom stereocenters. The lowest BCUT2D eigenvalue weighted by Gasteiger charge is -2.33. The Kier molecular flexibility index (Phi) is 6.10. The van der Waals surface area contributed by atoms with E-state index in [1.807, 2.05) is 12.1 Å². The van der Waals surface area contributed by atoms with Crippen LogP contribution in [0.4, 0.5) is 5.69 Å². The minimum absolute atomic E-state index is 0.216. The van der Waals surface area contributed by atoms with E-state index in [0.29, 0.717) is 5.11 Å². The number of anilines is 1. The molecule has 1 atom stereocenters. The highest BCUT2D eigenvalue weighted by Gasteiger charge is 2.24. The molecule has 0 spiro atoms. The Balaban J connectivity index is 1.62. The molecule has 1 fully saturated rings. The van der Waals surface area contributed by atoms with Gasteiger partial charge in [0.05, 0.1) is 12.3 Å². The van der Waals surface area contributed by atoms with Crippen LogP contribution in [-0.2, 0) is 0 Å². The quantitative estimate of drug-likeness (QED) is 0.776. The van der Waals surface area contributed by atoms with Crippen molar-refractivity contribution in [1.82, 2.24) is 10.2 Å². The molecule has 0 amide bonds. The molecule has 2 aromatic rings. The van der Waals surface area contributed by atoms with Gasteiger partial charge in [0.15, 0.2) is 5.11 Å². The predicted molar refractivity (Wildman–Crippen MR) is 107 cm³/mol. The highest BCUT2D eigenvalue weighted by molar-refractivity contribution is 7.80. The van der Waals surface area contributed by atoms with Crippen molar-refractivity contribution in [3.8, 4) is 0 Å². The summed E-state index contributed by atoms with van der Waals surface area (Å²) in [5.41, 5.74) is 3.55. The molecule has 0 saturated carbocycles. The van der Waals surface area contributed by atoms with Crippen LogP contribution in [0.1, 0.15) is 42.2 Å². The fraction of sp³-hybridized carbons (Fsp3) is 0.450. The third-order valence-corrected chi connectivity index (χ3v) is 5.26. The average molecular weight is 358 g/mol. The highest BCUT2D eigenvalue weighted by atomic mass is 32.1. The topological polar surface area (TPSA) is 40.4 Å². The Morgan fingerprint density at radius 1 is 1.16 bits per heavy atom. The second-order valence-electron chi connectivity index (χ2n) is 6.71. The highest BCUT2D eigenvalue weighted by Crippen LogP contribution is 2.24. The molecule has 0 aliphatic carbocycles. The molecular weight excluding hydrogens is 330 g/mol. The van der Waals surface area contributed by atoms with Gasteiger partial charge in [0, 0.05) is 12.2 Å². The number of hydrogen-bond donors (Lipinski definition) is 2. The van der Waals surface area contributed by atoms with E-state index in [4.69, 9.17) is 16.6 Å². The number of furan rings is 1. The Morgan fingerprint density at radius 2 is 1.96 bits per heavy atom. The third-order valence-electron chi connectivity index (χ3n) is 5.01. The average Bonchev–Trinajstić information content (AvgIpc) is 3.14. The first-order valence-electron chi connectivity index (χ1n) is 9.03. The van der Waals surface area contributed by atoms with E-state index < -0.39 is 0 Å². The van der Waals surface area contributed by atoms with Gasteiger partial charge in [0.25, 0.3) is 0 Å². The number of aryl methyl sites for hydroxylation is 1. The van der Waals surface area contributed by atoms with E-state index in [2.05, 4.69) is 47.6 Å². The Hall–Kier alpha value is -1.85. The summed E-state index contributed by atoms with van der Waals surface area (Å²) in [6.45, 7) is 7.19. The van der Waals surface area contributed by atoms with Gasteiger partial charge >= 0.3 is 0 Å². The smallest absolute Gasteiger partial charge is 0.170 e. The van der Waals surface area contributed by atoms with Crippen LogP contribution in [-0.4, -0.2) is 29.6 Å². The molecule has 1 aliphatic rings. The number of nitrogens with zero attached hydrogens (tertiary/aromatic N) is 1. The summed E-state index contributed by atoms with van der Waals surface area (Å²) in [5, 5.41) is 7.36. The molecule has 134 valence electrons. The van der Waals surface area contributed by atoms with Crippen LogP contribution in [0.2, 0.25) is 0 Å². The number of benzene rings is 1. The first-order chi connectivity index (χ1) is 12.1. The van der Waals surface area contributed by atoms with Crippen LogP contribution in [0.25, 0.3) is 0 Å². The fourth-order valence-electron chi connectivity index (χ4n) is 3.36. The van der Waals surface area contributed by atoms with E-state index in [0.717, 1.165) is 31.1 Å². The zero-order valence-electron chi connectivity index (χ0n) is 15.0. The Bertz CT molecular complexity index is 693. The van der Waals surface area contributed by atoms with Gasteiger partial charge in [-0.15, -0.1) is 0 Å². The van der Waals surface area contributed by atoms with Crippen molar-refractivity contribution >= 4 is 23.0 Å². The van der Waals surface area contributed by atoms with Gasteiger partial charge in [-0.25, -0.2) is 0 Å². The second-order valence-corrected chi connectivity index (χ2v) is 7.12. The van der Waals surface area contributed by atoms with E-state index in [1.165, 1.54) is 30.4 Å². The summed E-state index contributed by atoms with van der Waals surface area (Å²) in [7, 11) is 0. The number of nitrogens with one attached hydrogen (secondary N) is 2. The Morgan fingerprint density at radius 3 is 2.68 bits per heavy atom. The van der Waals surface area contributed by atoms with Crippen molar-refractivity contribution in [3.05, 3.63) is 53.5 Å². The van der Waals surface area contributed by atoms with Crippen LogP contribution in [0, 0.1) is 13.8 Å². The number of piperidine rings is 1. The number of thiocarbonyl (C=S) groups is 1. The van der Waals surface area contributed by atoms with Gasteiger partial charge in [0.1, 0.15) is 5.76 Å². The maximum atomic E-state index is 5.69. The maximum absolute atomic E-state index is 5.69. The lowest BCUT2D eigenvalue weighted by Crippen LogP contribution is -2.41. The predicted octanol–water partition coefficient (Wildman–Crippen LogP) is 4.41.